The first-order valence-electron chi connectivity index (χ1n) is 5.48. The predicted molar refractivity (Wildman–Crippen MR) is 69.3 cm³/mol. The Morgan fingerprint density at radius 2 is 1.63 bits per heavy atom. The molecule has 1 atom stereocenters. The Kier molecular flexibility index (Phi) is 3.96. The van der Waals surface area contributed by atoms with E-state index in [2.05, 4.69) is 15.9 Å². The van der Waals surface area contributed by atoms with Gasteiger partial charge in [-0.1, -0.05) is 22.0 Å². The summed E-state index contributed by atoms with van der Waals surface area (Å²) >= 11 is 3.23. The normalized spacial score (nSPS) is 12.5. The maximum Gasteiger partial charge on any atom is 0.135 e. The molecule has 2 aromatic rings. The lowest BCUT2D eigenvalue weighted by Gasteiger charge is -2.16. The van der Waals surface area contributed by atoms with Crippen molar-refractivity contribution in [2.24, 2.45) is 0 Å². The summed E-state index contributed by atoms with van der Waals surface area (Å²) in [7, 11) is 0. The summed E-state index contributed by atoms with van der Waals surface area (Å²) in [5.41, 5.74) is 0.486. The van der Waals surface area contributed by atoms with Crippen LogP contribution in [0.3, 0.4) is 0 Å². The molecule has 5 heteroatoms. The van der Waals surface area contributed by atoms with Crippen molar-refractivity contribution in [1.82, 2.24) is 0 Å². The predicted octanol–water partition coefficient (Wildman–Crippen LogP) is 4.26. The van der Waals surface area contributed by atoms with Crippen LogP contribution in [0.5, 0.6) is 0 Å². The molecular weight excluding hydrogens is 321 g/mol. The quantitative estimate of drug-likeness (QED) is 0.872. The summed E-state index contributed by atoms with van der Waals surface area (Å²) in [6.45, 7) is 1.71. The standard InChI is InChI=1S/C14H10BrF3O/c1-7-2-3-8(15)4-10(7)14(19)13-11(17)5-9(16)6-12(13)18/h2-6,14,19H,1H3. The molecule has 0 bridgehead atoms. The molecule has 0 aliphatic carbocycles. The zero-order valence-corrected chi connectivity index (χ0v) is 11.5. The van der Waals surface area contributed by atoms with Gasteiger partial charge in [0.05, 0.1) is 5.56 Å². The van der Waals surface area contributed by atoms with Crippen LogP contribution < -0.4 is 0 Å². The van der Waals surface area contributed by atoms with Gasteiger partial charge in [0.25, 0.3) is 0 Å². The molecule has 1 nitrogen and oxygen atoms in total. The van der Waals surface area contributed by atoms with Gasteiger partial charge >= 0.3 is 0 Å². The van der Waals surface area contributed by atoms with E-state index in [1.807, 2.05) is 0 Å². The van der Waals surface area contributed by atoms with Crippen LogP contribution in [0.1, 0.15) is 22.8 Å². The first kappa shape index (κ1) is 14.1. The second-order valence-corrected chi connectivity index (χ2v) is 5.10. The molecule has 100 valence electrons. The first-order valence-corrected chi connectivity index (χ1v) is 6.28. The van der Waals surface area contributed by atoms with Gasteiger partial charge in [-0.3, -0.25) is 0 Å². The zero-order valence-electron chi connectivity index (χ0n) is 9.92. The fourth-order valence-corrected chi connectivity index (χ4v) is 2.25. The van der Waals surface area contributed by atoms with Crippen molar-refractivity contribution >= 4 is 15.9 Å². The minimum atomic E-state index is -1.49. The molecule has 0 aromatic heterocycles. The van der Waals surface area contributed by atoms with Crippen LogP contribution in [0.15, 0.2) is 34.8 Å². The molecule has 19 heavy (non-hydrogen) atoms. The fourth-order valence-electron chi connectivity index (χ4n) is 1.88. The van der Waals surface area contributed by atoms with Gasteiger partial charge in [0, 0.05) is 16.6 Å². The van der Waals surface area contributed by atoms with Crippen LogP contribution in [0.2, 0.25) is 0 Å². The van der Waals surface area contributed by atoms with E-state index in [-0.39, 0.29) is 0 Å². The maximum absolute atomic E-state index is 13.6. The molecule has 0 saturated carbocycles. The Labute approximate surface area is 116 Å². The molecule has 0 heterocycles. The molecule has 0 aliphatic rings. The highest BCUT2D eigenvalue weighted by Crippen LogP contribution is 2.31. The smallest absolute Gasteiger partial charge is 0.135 e. The minimum absolute atomic E-state index is 0.360. The highest BCUT2D eigenvalue weighted by atomic mass is 79.9. The minimum Gasteiger partial charge on any atom is -0.383 e. The van der Waals surface area contributed by atoms with Crippen molar-refractivity contribution in [2.45, 2.75) is 13.0 Å². The molecule has 0 saturated heterocycles. The number of hydrogen-bond donors (Lipinski definition) is 1. The third-order valence-electron chi connectivity index (χ3n) is 2.85. The van der Waals surface area contributed by atoms with E-state index in [1.165, 1.54) is 0 Å². The van der Waals surface area contributed by atoms with E-state index in [4.69, 9.17) is 0 Å². The van der Waals surface area contributed by atoms with Gasteiger partial charge in [0.15, 0.2) is 0 Å². The SMILES string of the molecule is Cc1ccc(Br)cc1C(O)c1c(F)cc(F)cc1F. The summed E-state index contributed by atoms with van der Waals surface area (Å²) in [4.78, 5) is 0. The number of aryl methyl sites for hydroxylation is 1. The van der Waals surface area contributed by atoms with Gasteiger partial charge in [-0.15, -0.1) is 0 Å². The van der Waals surface area contributed by atoms with Crippen LogP contribution >= 0.6 is 15.9 Å². The van der Waals surface area contributed by atoms with E-state index in [0.29, 0.717) is 27.7 Å². The van der Waals surface area contributed by atoms with Crippen molar-refractivity contribution in [3.05, 3.63) is 68.9 Å². The molecular formula is C14H10BrF3O. The Morgan fingerprint density at radius 3 is 2.21 bits per heavy atom. The second kappa shape index (κ2) is 5.35. The Bertz CT molecular complexity index is 605. The molecule has 2 rings (SSSR count). The van der Waals surface area contributed by atoms with Crippen molar-refractivity contribution in [3.8, 4) is 0 Å². The van der Waals surface area contributed by atoms with Crippen LogP contribution in [0, 0.1) is 24.4 Å². The monoisotopic (exact) mass is 330 g/mol. The van der Waals surface area contributed by atoms with Crippen LogP contribution in [0.25, 0.3) is 0 Å². The maximum atomic E-state index is 13.6. The van der Waals surface area contributed by atoms with E-state index in [1.54, 1.807) is 25.1 Å². The third-order valence-corrected chi connectivity index (χ3v) is 3.35. The summed E-state index contributed by atoms with van der Waals surface area (Å²) in [5.74, 6) is -3.23. The van der Waals surface area contributed by atoms with E-state index in [0.717, 1.165) is 0 Å². The highest BCUT2D eigenvalue weighted by Gasteiger charge is 2.22. The van der Waals surface area contributed by atoms with Crippen molar-refractivity contribution in [3.63, 3.8) is 0 Å². The van der Waals surface area contributed by atoms with Gasteiger partial charge in [0.2, 0.25) is 0 Å². The largest absolute Gasteiger partial charge is 0.383 e. The fraction of sp³-hybridized carbons (Fsp3) is 0.143. The average Bonchev–Trinajstić information content (AvgIpc) is 2.30. The summed E-state index contributed by atoms with van der Waals surface area (Å²) in [6.07, 6.45) is -1.49. The van der Waals surface area contributed by atoms with Gasteiger partial charge in [-0.25, -0.2) is 13.2 Å². The Morgan fingerprint density at radius 1 is 1.05 bits per heavy atom. The lowest BCUT2D eigenvalue weighted by Crippen LogP contribution is -2.08. The molecule has 0 aliphatic heterocycles. The van der Waals surface area contributed by atoms with E-state index in [9.17, 15) is 18.3 Å². The van der Waals surface area contributed by atoms with Gasteiger partial charge in [-0.05, 0) is 30.2 Å². The van der Waals surface area contributed by atoms with E-state index < -0.39 is 29.1 Å². The average molecular weight is 331 g/mol. The molecule has 1 unspecified atom stereocenters. The van der Waals surface area contributed by atoms with Gasteiger partial charge < -0.3 is 5.11 Å². The van der Waals surface area contributed by atoms with Crippen LogP contribution in [-0.2, 0) is 0 Å². The lowest BCUT2D eigenvalue weighted by atomic mass is 9.97. The molecule has 0 fully saturated rings. The Balaban J connectivity index is 2.56. The summed E-state index contributed by atoms with van der Waals surface area (Å²) in [5, 5.41) is 10.1. The molecule has 2 aromatic carbocycles. The van der Waals surface area contributed by atoms with Gasteiger partial charge in [0.1, 0.15) is 23.6 Å². The van der Waals surface area contributed by atoms with Gasteiger partial charge in [-0.2, -0.15) is 0 Å². The van der Waals surface area contributed by atoms with Crippen molar-refractivity contribution in [2.75, 3.05) is 0 Å². The lowest BCUT2D eigenvalue weighted by molar-refractivity contribution is 0.208. The number of halogens is 4. The van der Waals surface area contributed by atoms with Crippen LogP contribution in [0.4, 0.5) is 13.2 Å². The molecule has 0 spiro atoms. The second-order valence-electron chi connectivity index (χ2n) is 4.19. The number of benzene rings is 2. The number of hydrogen-bond acceptors (Lipinski definition) is 1. The molecule has 0 amide bonds. The molecule has 0 radical (unpaired) electrons. The van der Waals surface area contributed by atoms with Crippen LogP contribution in [-0.4, -0.2) is 5.11 Å². The number of aliphatic hydroxyl groups excluding tert-OH is 1. The van der Waals surface area contributed by atoms with E-state index >= 15 is 0 Å². The molecule has 1 N–H and O–H groups in total. The third kappa shape index (κ3) is 2.82. The van der Waals surface area contributed by atoms with Crippen molar-refractivity contribution in [1.29, 1.82) is 0 Å². The number of aliphatic hydroxyl groups is 1. The first-order chi connectivity index (χ1) is 8.90. The zero-order chi connectivity index (χ0) is 14.2. The number of rotatable bonds is 2. The Hall–Kier alpha value is -1.33. The topological polar surface area (TPSA) is 20.2 Å². The van der Waals surface area contributed by atoms with Crippen molar-refractivity contribution < 1.29 is 18.3 Å². The summed E-state index contributed by atoms with van der Waals surface area (Å²) in [6, 6.07) is 6.14. The summed E-state index contributed by atoms with van der Waals surface area (Å²) < 4.78 is 40.8. The highest BCUT2D eigenvalue weighted by molar-refractivity contribution is 9.10.